The summed E-state index contributed by atoms with van der Waals surface area (Å²) in [5.41, 5.74) is 0.429. The maximum Gasteiger partial charge on any atom is 0.269 e. The molecular formula is C16H22N4O2. The summed E-state index contributed by atoms with van der Waals surface area (Å²) in [5.74, 6) is 0.357. The normalized spacial score (nSPS) is 24.5. The number of aromatic nitrogens is 1. The Morgan fingerprint density at radius 1 is 1.32 bits per heavy atom. The smallest absolute Gasteiger partial charge is 0.269 e. The molecule has 0 spiro atoms. The van der Waals surface area contributed by atoms with Gasteiger partial charge in [-0.1, -0.05) is 6.07 Å². The predicted molar refractivity (Wildman–Crippen MR) is 82.3 cm³/mol. The van der Waals surface area contributed by atoms with Gasteiger partial charge < -0.3 is 15.5 Å². The van der Waals surface area contributed by atoms with E-state index >= 15 is 0 Å². The SMILES string of the molecule is O=C(NC[C@@H]1CN[C@H](C(=O)N2CCCC2)C1)c1ccccn1. The van der Waals surface area contributed by atoms with Gasteiger partial charge in [0.2, 0.25) is 5.91 Å². The fourth-order valence-electron chi connectivity index (χ4n) is 3.14. The number of rotatable bonds is 4. The van der Waals surface area contributed by atoms with Crippen LogP contribution >= 0.6 is 0 Å². The van der Waals surface area contributed by atoms with E-state index in [1.54, 1.807) is 24.4 Å². The standard InChI is InChI=1S/C16H22N4O2/c21-15(13-5-1-2-6-17-13)19-11-12-9-14(18-10-12)16(22)20-7-3-4-8-20/h1-2,5-6,12,14,18H,3-4,7-11H2,(H,19,21)/t12-,14-/m0/s1. The second kappa shape index (κ2) is 6.87. The summed E-state index contributed by atoms with van der Waals surface area (Å²) < 4.78 is 0. The minimum absolute atomic E-state index is 0.0881. The zero-order valence-electron chi connectivity index (χ0n) is 12.6. The zero-order chi connectivity index (χ0) is 15.4. The molecule has 0 aliphatic carbocycles. The van der Waals surface area contributed by atoms with Crippen LogP contribution in [0.15, 0.2) is 24.4 Å². The van der Waals surface area contributed by atoms with Gasteiger partial charge in [-0.3, -0.25) is 14.6 Å². The minimum Gasteiger partial charge on any atom is -0.350 e. The Balaban J connectivity index is 1.45. The summed E-state index contributed by atoms with van der Waals surface area (Å²) in [7, 11) is 0. The Bertz CT molecular complexity index is 528. The summed E-state index contributed by atoms with van der Waals surface area (Å²) in [6, 6.07) is 5.19. The van der Waals surface area contributed by atoms with Crippen molar-refractivity contribution >= 4 is 11.8 Å². The molecule has 118 valence electrons. The van der Waals surface area contributed by atoms with Crippen molar-refractivity contribution in [2.45, 2.75) is 25.3 Å². The van der Waals surface area contributed by atoms with Gasteiger partial charge in [-0.15, -0.1) is 0 Å². The highest BCUT2D eigenvalue weighted by molar-refractivity contribution is 5.92. The number of hydrogen-bond donors (Lipinski definition) is 2. The first kappa shape index (κ1) is 15.0. The number of nitrogens with zero attached hydrogens (tertiary/aromatic N) is 2. The van der Waals surface area contributed by atoms with Crippen LogP contribution in [0.2, 0.25) is 0 Å². The van der Waals surface area contributed by atoms with Crippen LogP contribution in [0.3, 0.4) is 0 Å². The summed E-state index contributed by atoms with van der Waals surface area (Å²) in [6.07, 6.45) is 4.62. The first-order chi connectivity index (χ1) is 10.7. The Morgan fingerprint density at radius 3 is 2.86 bits per heavy atom. The van der Waals surface area contributed by atoms with Gasteiger partial charge in [0.15, 0.2) is 0 Å². The van der Waals surface area contributed by atoms with E-state index in [0.29, 0.717) is 18.2 Å². The number of carbonyl (C=O) groups excluding carboxylic acids is 2. The quantitative estimate of drug-likeness (QED) is 0.845. The first-order valence-electron chi connectivity index (χ1n) is 7.95. The van der Waals surface area contributed by atoms with Crippen molar-refractivity contribution in [3.05, 3.63) is 30.1 Å². The predicted octanol–water partition coefficient (Wildman–Crippen LogP) is 0.412. The lowest BCUT2D eigenvalue weighted by Crippen LogP contribution is -2.42. The van der Waals surface area contributed by atoms with Gasteiger partial charge in [0, 0.05) is 32.4 Å². The van der Waals surface area contributed by atoms with Crippen molar-refractivity contribution in [3.63, 3.8) is 0 Å². The molecule has 2 N–H and O–H groups in total. The Kier molecular flexibility index (Phi) is 4.68. The van der Waals surface area contributed by atoms with Crippen LogP contribution < -0.4 is 10.6 Å². The highest BCUT2D eigenvalue weighted by Crippen LogP contribution is 2.18. The van der Waals surface area contributed by atoms with Crippen molar-refractivity contribution in [1.29, 1.82) is 0 Å². The van der Waals surface area contributed by atoms with E-state index < -0.39 is 0 Å². The highest BCUT2D eigenvalue weighted by Gasteiger charge is 2.33. The molecule has 1 aromatic heterocycles. The molecule has 1 aromatic rings. The van der Waals surface area contributed by atoms with Gasteiger partial charge >= 0.3 is 0 Å². The summed E-state index contributed by atoms with van der Waals surface area (Å²) in [4.78, 5) is 30.3. The average Bonchev–Trinajstić information content (AvgIpc) is 3.24. The largest absolute Gasteiger partial charge is 0.350 e. The third kappa shape index (κ3) is 3.44. The molecule has 6 heteroatoms. The van der Waals surface area contributed by atoms with E-state index in [1.165, 1.54) is 0 Å². The Morgan fingerprint density at radius 2 is 2.14 bits per heavy atom. The van der Waals surface area contributed by atoms with E-state index in [-0.39, 0.29) is 17.9 Å². The van der Waals surface area contributed by atoms with Crippen LogP contribution in [0.4, 0.5) is 0 Å². The van der Waals surface area contributed by atoms with E-state index in [0.717, 1.165) is 38.9 Å². The molecule has 2 amide bonds. The maximum atomic E-state index is 12.3. The van der Waals surface area contributed by atoms with Crippen LogP contribution in [0, 0.1) is 5.92 Å². The summed E-state index contributed by atoms with van der Waals surface area (Å²) in [6.45, 7) is 3.12. The number of carbonyl (C=O) groups is 2. The highest BCUT2D eigenvalue weighted by atomic mass is 16.2. The van der Waals surface area contributed by atoms with Gasteiger partial charge in [0.25, 0.3) is 5.91 Å². The third-order valence-corrected chi connectivity index (χ3v) is 4.39. The van der Waals surface area contributed by atoms with Crippen molar-refractivity contribution in [2.75, 3.05) is 26.2 Å². The molecule has 3 heterocycles. The van der Waals surface area contributed by atoms with Crippen LogP contribution in [-0.4, -0.2) is 53.9 Å². The second-order valence-corrected chi connectivity index (χ2v) is 6.02. The van der Waals surface area contributed by atoms with E-state index in [9.17, 15) is 9.59 Å². The lowest BCUT2D eigenvalue weighted by atomic mass is 10.0. The molecule has 0 saturated carbocycles. The molecule has 0 bridgehead atoms. The Labute approximate surface area is 130 Å². The third-order valence-electron chi connectivity index (χ3n) is 4.39. The molecule has 22 heavy (non-hydrogen) atoms. The molecular weight excluding hydrogens is 280 g/mol. The topological polar surface area (TPSA) is 74.3 Å². The molecule has 6 nitrogen and oxygen atoms in total. The average molecular weight is 302 g/mol. The number of likely N-dealkylation sites (tertiary alicyclic amines) is 1. The van der Waals surface area contributed by atoms with Crippen LogP contribution in [-0.2, 0) is 4.79 Å². The molecule has 2 fully saturated rings. The number of hydrogen-bond acceptors (Lipinski definition) is 4. The van der Waals surface area contributed by atoms with Crippen molar-refractivity contribution in [1.82, 2.24) is 20.5 Å². The molecule has 2 saturated heterocycles. The molecule has 2 aliphatic rings. The van der Waals surface area contributed by atoms with Crippen LogP contribution in [0.5, 0.6) is 0 Å². The second-order valence-electron chi connectivity index (χ2n) is 6.02. The molecule has 3 rings (SSSR count). The van der Waals surface area contributed by atoms with Crippen LogP contribution in [0.1, 0.15) is 29.8 Å². The molecule has 0 unspecified atom stereocenters. The lowest BCUT2D eigenvalue weighted by molar-refractivity contribution is -0.132. The monoisotopic (exact) mass is 302 g/mol. The van der Waals surface area contributed by atoms with Gasteiger partial charge in [-0.25, -0.2) is 0 Å². The maximum absolute atomic E-state index is 12.3. The van der Waals surface area contributed by atoms with Crippen molar-refractivity contribution < 1.29 is 9.59 Å². The van der Waals surface area contributed by atoms with E-state index in [2.05, 4.69) is 15.6 Å². The van der Waals surface area contributed by atoms with Gasteiger partial charge in [0.05, 0.1) is 6.04 Å². The van der Waals surface area contributed by atoms with Gasteiger partial charge in [0.1, 0.15) is 5.69 Å². The Hall–Kier alpha value is -1.95. The molecule has 0 aromatic carbocycles. The lowest BCUT2D eigenvalue weighted by Gasteiger charge is -2.20. The number of pyridine rings is 1. The number of nitrogens with one attached hydrogen (secondary N) is 2. The van der Waals surface area contributed by atoms with Crippen molar-refractivity contribution in [2.24, 2.45) is 5.92 Å². The van der Waals surface area contributed by atoms with E-state index in [1.807, 2.05) is 4.90 Å². The molecule has 0 radical (unpaired) electrons. The van der Waals surface area contributed by atoms with Crippen LogP contribution in [0.25, 0.3) is 0 Å². The van der Waals surface area contributed by atoms with Crippen molar-refractivity contribution in [3.8, 4) is 0 Å². The fraction of sp³-hybridized carbons (Fsp3) is 0.562. The first-order valence-corrected chi connectivity index (χ1v) is 7.95. The zero-order valence-corrected chi connectivity index (χ0v) is 12.6. The fourth-order valence-corrected chi connectivity index (χ4v) is 3.14. The summed E-state index contributed by atoms with van der Waals surface area (Å²) >= 11 is 0. The van der Waals surface area contributed by atoms with E-state index in [4.69, 9.17) is 0 Å². The minimum atomic E-state index is -0.157. The van der Waals surface area contributed by atoms with Gasteiger partial charge in [-0.2, -0.15) is 0 Å². The molecule has 2 atom stereocenters. The summed E-state index contributed by atoms with van der Waals surface area (Å²) in [5, 5.41) is 6.19. The molecule has 2 aliphatic heterocycles. The van der Waals surface area contributed by atoms with Gasteiger partial charge in [-0.05, 0) is 37.3 Å². The number of amides is 2.